The standard InChI is InChI=1S/2C4H9.C2H4O2.CH3.Sn/c2*1-3-4-2;1-2(3)4;;/h2*1,3-4H2,2H3;1H3,(H,3,4);1H3;/q;;;;+1/p-1. The summed E-state index contributed by atoms with van der Waals surface area (Å²) in [6.45, 7) is 5.94. The molecule has 0 rings (SSSR count). The Kier molecular flexibility index (Phi) is 7.69. The summed E-state index contributed by atoms with van der Waals surface area (Å²) < 4.78 is 8.01. The van der Waals surface area contributed by atoms with E-state index >= 15 is 0 Å². The van der Waals surface area contributed by atoms with E-state index in [0.717, 1.165) is 0 Å². The van der Waals surface area contributed by atoms with Crippen molar-refractivity contribution in [3.8, 4) is 0 Å². The van der Waals surface area contributed by atoms with Crippen molar-refractivity contribution in [3.63, 3.8) is 0 Å². The van der Waals surface area contributed by atoms with Crippen molar-refractivity contribution in [2.45, 2.75) is 60.3 Å². The molecule has 0 aliphatic carbocycles. The van der Waals surface area contributed by atoms with Crippen molar-refractivity contribution < 1.29 is 7.87 Å². The van der Waals surface area contributed by atoms with E-state index in [2.05, 4.69) is 18.8 Å². The van der Waals surface area contributed by atoms with Gasteiger partial charge in [-0.15, -0.1) is 0 Å². The van der Waals surface area contributed by atoms with E-state index in [-0.39, 0.29) is 5.97 Å². The topological polar surface area (TPSA) is 26.3 Å². The summed E-state index contributed by atoms with van der Waals surface area (Å²) in [6.07, 6.45) is 4.87. The van der Waals surface area contributed by atoms with Crippen LogP contribution >= 0.6 is 0 Å². The molecule has 0 aromatic rings. The Hall–Kier alpha value is 0.269. The molecule has 0 amide bonds. The van der Waals surface area contributed by atoms with Crippen LogP contribution in [0.5, 0.6) is 0 Å². The molecule has 0 radical (unpaired) electrons. The molecule has 0 fully saturated rings. The van der Waals surface area contributed by atoms with E-state index in [1.165, 1.54) is 34.6 Å². The van der Waals surface area contributed by atoms with Gasteiger partial charge in [0.1, 0.15) is 0 Å². The fraction of sp³-hybridized carbons (Fsp3) is 0.909. The van der Waals surface area contributed by atoms with Crippen LogP contribution in [0.4, 0.5) is 0 Å². The number of unbranched alkanes of at least 4 members (excludes halogenated alkanes) is 2. The first-order valence-electron chi connectivity index (χ1n) is 5.73. The summed E-state index contributed by atoms with van der Waals surface area (Å²) in [7, 11) is 0. The third kappa shape index (κ3) is 6.68. The van der Waals surface area contributed by atoms with E-state index in [4.69, 9.17) is 3.07 Å². The first-order chi connectivity index (χ1) is 6.54. The van der Waals surface area contributed by atoms with Gasteiger partial charge in [-0.05, 0) is 0 Å². The average Bonchev–Trinajstić information content (AvgIpc) is 2.11. The number of rotatable bonds is 7. The summed E-state index contributed by atoms with van der Waals surface area (Å²) in [5.74, 6) is -0.0597. The molecule has 14 heavy (non-hydrogen) atoms. The third-order valence-corrected chi connectivity index (χ3v) is 12.8. The van der Waals surface area contributed by atoms with Crippen molar-refractivity contribution in [1.29, 1.82) is 0 Å². The van der Waals surface area contributed by atoms with Crippen LogP contribution in [0.1, 0.15) is 46.5 Å². The first-order valence-corrected chi connectivity index (χ1v) is 13.8. The third-order valence-electron chi connectivity index (χ3n) is 2.51. The van der Waals surface area contributed by atoms with Crippen molar-refractivity contribution in [3.05, 3.63) is 0 Å². The maximum atomic E-state index is 11.0. The van der Waals surface area contributed by atoms with Crippen LogP contribution in [0.3, 0.4) is 0 Å². The molecule has 0 saturated heterocycles. The first kappa shape index (κ1) is 14.3. The predicted molar refractivity (Wildman–Crippen MR) is 62.8 cm³/mol. The van der Waals surface area contributed by atoms with Crippen LogP contribution in [0.25, 0.3) is 0 Å². The Balaban J connectivity index is 4.09. The molecule has 0 aromatic heterocycles. The summed E-state index contributed by atoms with van der Waals surface area (Å²) in [4.78, 5) is 13.3. The van der Waals surface area contributed by atoms with Gasteiger partial charge in [-0.25, -0.2) is 0 Å². The molecule has 0 aliphatic rings. The fourth-order valence-electron chi connectivity index (χ4n) is 1.68. The monoisotopic (exact) mass is 308 g/mol. The van der Waals surface area contributed by atoms with Gasteiger partial charge < -0.3 is 0 Å². The summed E-state index contributed by atoms with van der Waals surface area (Å²) >= 11 is -2.46. The second kappa shape index (κ2) is 7.55. The van der Waals surface area contributed by atoms with Gasteiger partial charge >= 0.3 is 92.9 Å². The minimum absolute atomic E-state index is 0.0597. The Labute approximate surface area is 92.8 Å². The Morgan fingerprint density at radius 3 is 1.86 bits per heavy atom. The van der Waals surface area contributed by atoms with E-state index in [0.29, 0.717) is 0 Å². The number of hydrogen-bond acceptors (Lipinski definition) is 2. The molecule has 0 N–H and O–H groups in total. The zero-order chi connectivity index (χ0) is 11.0. The van der Waals surface area contributed by atoms with Gasteiger partial charge in [0.25, 0.3) is 0 Å². The number of carbonyl (C=O) groups excluding carboxylic acids is 1. The molecular formula is C11H24O2Sn. The molecule has 2 nitrogen and oxygen atoms in total. The van der Waals surface area contributed by atoms with Crippen LogP contribution in [0, 0.1) is 0 Å². The van der Waals surface area contributed by atoms with Crippen LogP contribution < -0.4 is 0 Å². The zero-order valence-electron chi connectivity index (χ0n) is 10.1. The van der Waals surface area contributed by atoms with E-state index in [1.807, 2.05) is 0 Å². The van der Waals surface area contributed by atoms with Crippen LogP contribution in [0.2, 0.25) is 13.8 Å². The van der Waals surface area contributed by atoms with Gasteiger partial charge in [0, 0.05) is 0 Å². The van der Waals surface area contributed by atoms with Crippen molar-refractivity contribution >= 4 is 24.8 Å². The van der Waals surface area contributed by atoms with Crippen LogP contribution in [-0.2, 0) is 7.87 Å². The molecule has 0 atom stereocenters. The predicted octanol–water partition coefficient (Wildman–Crippen LogP) is 3.73. The fourth-order valence-corrected chi connectivity index (χ4v) is 11.2. The number of carbonyl (C=O) groups is 1. The van der Waals surface area contributed by atoms with Gasteiger partial charge in [-0.3, -0.25) is 0 Å². The second-order valence-corrected chi connectivity index (χ2v) is 16.0. The minimum atomic E-state index is -2.46. The van der Waals surface area contributed by atoms with Crippen molar-refractivity contribution in [1.82, 2.24) is 0 Å². The average molecular weight is 307 g/mol. The van der Waals surface area contributed by atoms with E-state index < -0.39 is 18.8 Å². The molecule has 84 valence electrons. The van der Waals surface area contributed by atoms with Gasteiger partial charge in [0.15, 0.2) is 0 Å². The maximum absolute atomic E-state index is 11.0. The second-order valence-electron chi connectivity index (χ2n) is 4.25. The van der Waals surface area contributed by atoms with Crippen LogP contribution in [-0.4, -0.2) is 24.8 Å². The van der Waals surface area contributed by atoms with E-state index in [9.17, 15) is 4.79 Å². The Bertz CT molecular complexity index is 161. The Morgan fingerprint density at radius 2 is 1.57 bits per heavy atom. The normalized spacial score (nSPS) is 11.4. The quantitative estimate of drug-likeness (QED) is 0.670. The van der Waals surface area contributed by atoms with E-state index in [1.54, 1.807) is 6.92 Å². The Morgan fingerprint density at radius 1 is 1.14 bits per heavy atom. The molecule has 0 unspecified atom stereocenters. The summed E-state index contributed by atoms with van der Waals surface area (Å²) in [6, 6.07) is 0. The molecule has 3 heteroatoms. The SMILES string of the molecule is CCC[CH2][Sn]([CH3])([CH2]CCC)[O]C(C)=O. The van der Waals surface area contributed by atoms with Gasteiger partial charge in [0.05, 0.1) is 0 Å². The molecule has 0 aromatic carbocycles. The number of hydrogen-bond donors (Lipinski definition) is 0. The van der Waals surface area contributed by atoms with Gasteiger partial charge in [-0.1, -0.05) is 0 Å². The molecule has 0 heterocycles. The molecule has 0 bridgehead atoms. The van der Waals surface area contributed by atoms with Crippen molar-refractivity contribution in [2.24, 2.45) is 0 Å². The zero-order valence-corrected chi connectivity index (χ0v) is 12.9. The van der Waals surface area contributed by atoms with Crippen LogP contribution in [0.15, 0.2) is 0 Å². The molecule has 0 aliphatic heterocycles. The molecule has 0 spiro atoms. The summed E-state index contributed by atoms with van der Waals surface area (Å²) in [5.41, 5.74) is 0. The molecule has 0 saturated carbocycles. The van der Waals surface area contributed by atoms with Gasteiger partial charge in [0.2, 0.25) is 0 Å². The summed E-state index contributed by atoms with van der Waals surface area (Å²) in [5, 5.41) is 0. The van der Waals surface area contributed by atoms with Gasteiger partial charge in [-0.2, -0.15) is 0 Å². The van der Waals surface area contributed by atoms with Crippen molar-refractivity contribution in [2.75, 3.05) is 0 Å². The molecular weight excluding hydrogens is 283 g/mol.